The Bertz CT molecular complexity index is 469. The van der Waals surface area contributed by atoms with E-state index < -0.39 is 18.7 Å². The Morgan fingerprint density at radius 3 is 2.58 bits per heavy atom. The molecule has 0 saturated carbocycles. The van der Waals surface area contributed by atoms with E-state index in [2.05, 4.69) is 0 Å². The molecule has 1 rings (SSSR count). The molecule has 104 valence electrons. The number of halogens is 3. The Labute approximate surface area is 109 Å². The lowest BCUT2D eigenvalue weighted by molar-refractivity contribution is -0.144. The molecule has 0 fully saturated rings. The predicted octanol–water partition coefficient (Wildman–Crippen LogP) is 2.78. The molecule has 0 aliphatic heterocycles. The van der Waals surface area contributed by atoms with Gasteiger partial charge in [-0.3, -0.25) is 4.90 Å². The van der Waals surface area contributed by atoms with Crippen LogP contribution in [0.4, 0.5) is 13.2 Å². The van der Waals surface area contributed by atoms with Crippen molar-refractivity contribution in [3.63, 3.8) is 0 Å². The summed E-state index contributed by atoms with van der Waals surface area (Å²) in [5.74, 6) is -1.10. The molecule has 0 unspecified atom stereocenters. The van der Waals surface area contributed by atoms with E-state index in [0.717, 1.165) is 11.0 Å². The summed E-state index contributed by atoms with van der Waals surface area (Å²) in [6.45, 7) is -0.913. The predicted molar refractivity (Wildman–Crippen MR) is 65.5 cm³/mol. The number of benzene rings is 1. The average Bonchev–Trinajstić information content (AvgIpc) is 2.25. The minimum atomic E-state index is -4.25. The van der Waals surface area contributed by atoms with E-state index in [-0.39, 0.29) is 6.54 Å². The van der Waals surface area contributed by atoms with E-state index in [1.54, 1.807) is 24.3 Å². The molecule has 0 aromatic heterocycles. The number of carboxylic acid groups (broad SMARTS) is 1. The zero-order valence-corrected chi connectivity index (χ0v) is 10.3. The Morgan fingerprint density at radius 2 is 2.00 bits per heavy atom. The van der Waals surface area contributed by atoms with Gasteiger partial charge in [-0.25, -0.2) is 4.79 Å². The highest BCUT2D eigenvalue weighted by Gasteiger charge is 2.29. The molecule has 0 aliphatic rings. The summed E-state index contributed by atoms with van der Waals surface area (Å²) in [6, 6.07) is 6.74. The fourth-order valence-corrected chi connectivity index (χ4v) is 1.65. The second kappa shape index (κ2) is 6.38. The Morgan fingerprint density at radius 1 is 1.37 bits per heavy atom. The van der Waals surface area contributed by atoms with Gasteiger partial charge in [0, 0.05) is 12.6 Å². The van der Waals surface area contributed by atoms with Gasteiger partial charge in [-0.15, -0.1) is 0 Å². The van der Waals surface area contributed by atoms with Crippen LogP contribution in [0.1, 0.15) is 11.1 Å². The summed E-state index contributed by atoms with van der Waals surface area (Å²) in [6.07, 6.45) is -1.91. The van der Waals surface area contributed by atoms with Gasteiger partial charge in [0.2, 0.25) is 0 Å². The molecule has 0 aliphatic carbocycles. The highest BCUT2D eigenvalue weighted by molar-refractivity contribution is 5.85. The molecule has 1 aromatic rings. The van der Waals surface area contributed by atoms with Crippen molar-refractivity contribution >= 4 is 12.0 Å². The quantitative estimate of drug-likeness (QED) is 0.839. The highest BCUT2D eigenvalue weighted by atomic mass is 19.4. The van der Waals surface area contributed by atoms with Gasteiger partial charge < -0.3 is 5.11 Å². The maximum absolute atomic E-state index is 12.2. The fourth-order valence-electron chi connectivity index (χ4n) is 1.65. The lowest BCUT2D eigenvalue weighted by Gasteiger charge is -2.19. The largest absolute Gasteiger partial charge is 0.478 e. The van der Waals surface area contributed by atoms with E-state index in [1.165, 1.54) is 13.1 Å². The van der Waals surface area contributed by atoms with Crippen molar-refractivity contribution in [3.8, 4) is 0 Å². The van der Waals surface area contributed by atoms with Crippen molar-refractivity contribution in [2.75, 3.05) is 13.6 Å². The standard InChI is InChI=1S/C13H14F3NO2/c1-17(9-13(14,15)16)8-11-5-3-2-4-10(11)6-7-12(18)19/h2-7H,8-9H2,1H3,(H,18,19)/b7-6+. The Balaban J connectivity index is 2.80. The van der Waals surface area contributed by atoms with Gasteiger partial charge >= 0.3 is 12.1 Å². The minimum Gasteiger partial charge on any atom is -0.478 e. The zero-order chi connectivity index (χ0) is 14.5. The number of nitrogens with zero attached hydrogens (tertiary/aromatic N) is 1. The van der Waals surface area contributed by atoms with E-state index in [0.29, 0.717) is 11.1 Å². The number of rotatable bonds is 5. The number of alkyl halides is 3. The monoisotopic (exact) mass is 273 g/mol. The topological polar surface area (TPSA) is 40.5 Å². The molecule has 0 bridgehead atoms. The van der Waals surface area contributed by atoms with Crippen LogP contribution in [0.25, 0.3) is 6.08 Å². The number of aliphatic carboxylic acids is 1. The van der Waals surface area contributed by atoms with Crippen LogP contribution in [0, 0.1) is 0 Å². The lowest BCUT2D eigenvalue weighted by Crippen LogP contribution is -2.30. The summed E-state index contributed by atoms with van der Waals surface area (Å²) >= 11 is 0. The van der Waals surface area contributed by atoms with Crippen molar-refractivity contribution in [1.82, 2.24) is 4.90 Å². The molecule has 0 saturated heterocycles. The Hall–Kier alpha value is -1.82. The van der Waals surface area contributed by atoms with Crippen molar-refractivity contribution in [3.05, 3.63) is 41.5 Å². The molecule has 3 nitrogen and oxygen atoms in total. The summed E-state index contributed by atoms with van der Waals surface area (Å²) in [7, 11) is 1.37. The first-order valence-corrected chi connectivity index (χ1v) is 5.52. The summed E-state index contributed by atoms with van der Waals surface area (Å²) in [5.41, 5.74) is 1.24. The highest BCUT2D eigenvalue weighted by Crippen LogP contribution is 2.18. The van der Waals surface area contributed by atoms with Gasteiger partial charge in [0.05, 0.1) is 6.54 Å². The molecule has 1 N–H and O–H groups in total. The van der Waals surface area contributed by atoms with E-state index in [1.807, 2.05) is 0 Å². The second-order valence-corrected chi connectivity index (χ2v) is 4.16. The van der Waals surface area contributed by atoms with Crippen molar-refractivity contribution in [1.29, 1.82) is 0 Å². The maximum Gasteiger partial charge on any atom is 0.401 e. The molecule has 0 heterocycles. The van der Waals surface area contributed by atoms with Gasteiger partial charge in [-0.05, 0) is 24.3 Å². The second-order valence-electron chi connectivity index (χ2n) is 4.16. The summed E-state index contributed by atoms with van der Waals surface area (Å²) in [4.78, 5) is 11.6. The van der Waals surface area contributed by atoms with E-state index in [9.17, 15) is 18.0 Å². The number of carboxylic acids is 1. The van der Waals surface area contributed by atoms with Crippen LogP contribution in [0.3, 0.4) is 0 Å². The molecular formula is C13H14F3NO2. The fraction of sp³-hybridized carbons (Fsp3) is 0.308. The summed E-state index contributed by atoms with van der Waals surface area (Å²) < 4.78 is 36.7. The third kappa shape index (κ3) is 6.05. The third-order valence-corrected chi connectivity index (χ3v) is 2.35. The molecule has 1 aromatic carbocycles. The van der Waals surface area contributed by atoms with Crippen molar-refractivity contribution < 1.29 is 23.1 Å². The number of hydrogen-bond acceptors (Lipinski definition) is 2. The Kier molecular flexibility index (Phi) is 5.11. The maximum atomic E-state index is 12.2. The van der Waals surface area contributed by atoms with E-state index >= 15 is 0 Å². The first-order valence-electron chi connectivity index (χ1n) is 5.52. The van der Waals surface area contributed by atoms with Crippen LogP contribution in [-0.4, -0.2) is 35.7 Å². The van der Waals surface area contributed by atoms with Crippen LogP contribution in [0.2, 0.25) is 0 Å². The smallest absolute Gasteiger partial charge is 0.401 e. The SMILES string of the molecule is CN(Cc1ccccc1/C=C/C(=O)O)CC(F)(F)F. The average molecular weight is 273 g/mol. The van der Waals surface area contributed by atoms with Gasteiger partial charge in [0.1, 0.15) is 0 Å². The van der Waals surface area contributed by atoms with Crippen LogP contribution in [0.5, 0.6) is 0 Å². The molecule has 0 spiro atoms. The summed E-state index contributed by atoms with van der Waals surface area (Å²) in [5, 5.41) is 8.55. The van der Waals surface area contributed by atoms with Gasteiger partial charge in [0.25, 0.3) is 0 Å². The zero-order valence-electron chi connectivity index (χ0n) is 10.3. The van der Waals surface area contributed by atoms with Crippen molar-refractivity contribution in [2.45, 2.75) is 12.7 Å². The molecule has 0 amide bonds. The van der Waals surface area contributed by atoms with Crippen LogP contribution in [-0.2, 0) is 11.3 Å². The first-order chi connectivity index (χ1) is 8.78. The first kappa shape index (κ1) is 15.2. The normalized spacial score (nSPS) is 12.3. The van der Waals surface area contributed by atoms with Crippen LogP contribution < -0.4 is 0 Å². The molecule has 0 radical (unpaired) electrons. The molecule has 19 heavy (non-hydrogen) atoms. The minimum absolute atomic E-state index is 0.0969. The van der Waals surface area contributed by atoms with Crippen molar-refractivity contribution in [2.24, 2.45) is 0 Å². The van der Waals surface area contributed by atoms with Gasteiger partial charge in [-0.2, -0.15) is 13.2 Å². The molecule has 6 heteroatoms. The van der Waals surface area contributed by atoms with Gasteiger partial charge in [0.15, 0.2) is 0 Å². The molecular weight excluding hydrogens is 259 g/mol. The molecule has 0 atom stereocenters. The number of carbonyl (C=O) groups is 1. The lowest BCUT2D eigenvalue weighted by atomic mass is 10.1. The number of hydrogen-bond donors (Lipinski definition) is 1. The van der Waals surface area contributed by atoms with E-state index in [4.69, 9.17) is 5.11 Å². The third-order valence-electron chi connectivity index (χ3n) is 2.35. The van der Waals surface area contributed by atoms with Crippen LogP contribution >= 0.6 is 0 Å². The van der Waals surface area contributed by atoms with Crippen LogP contribution in [0.15, 0.2) is 30.3 Å². The van der Waals surface area contributed by atoms with Gasteiger partial charge in [-0.1, -0.05) is 24.3 Å².